The van der Waals surface area contributed by atoms with Gasteiger partial charge in [0.25, 0.3) is 0 Å². The van der Waals surface area contributed by atoms with Crippen LogP contribution in [0.5, 0.6) is 0 Å². The number of nitrogens with zero attached hydrogens (tertiary/aromatic N) is 2. The van der Waals surface area contributed by atoms with Gasteiger partial charge in [0.15, 0.2) is 0 Å². The van der Waals surface area contributed by atoms with Crippen molar-refractivity contribution in [2.75, 3.05) is 26.2 Å². The minimum atomic E-state index is -0.762. The van der Waals surface area contributed by atoms with Crippen molar-refractivity contribution in [2.24, 2.45) is 5.92 Å². The van der Waals surface area contributed by atoms with Gasteiger partial charge in [0, 0.05) is 32.6 Å². The number of hydrogen-bond acceptors (Lipinski definition) is 2. The molecule has 0 bridgehead atoms. The molecule has 0 spiro atoms. The maximum absolute atomic E-state index is 12.3. The summed E-state index contributed by atoms with van der Waals surface area (Å²) in [6, 6.07) is 0.0447. The average Bonchev–Trinajstić information content (AvgIpc) is 2.81. The maximum Gasteiger partial charge on any atom is 0.320 e. The summed E-state index contributed by atoms with van der Waals surface area (Å²) in [5.41, 5.74) is 0.969. The molecular formula is C14H24N2O3. The van der Waals surface area contributed by atoms with E-state index in [0.29, 0.717) is 32.0 Å². The van der Waals surface area contributed by atoms with Crippen molar-refractivity contribution < 1.29 is 14.7 Å². The molecule has 0 aromatic rings. The third kappa shape index (κ3) is 4.93. The number of aliphatic carboxylic acids is 1. The van der Waals surface area contributed by atoms with Gasteiger partial charge in [-0.25, -0.2) is 4.79 Å². The van der Waals surface area contributed by atoms with E-state index < -0.39 is 5.97 Å². The first kappa shape index (κ1) is 15.5. The Hall–Kier alpha value is -1.52. The summed E-state index contributed by atoms with van der Waals surface area (Å²) in [4.78, 5) is 26.5. The van der Waals surface area contributed by atoms with Crippen LogP contribution >= 0.6 is 0 Å². The number of carbonyl (C=O) groups excluding carboxylic acids is 1. The Morgan fingerprint density at radius 3 is 2.68 bits per heavy atom. The highest BCUT2D eigenvalue weighted by Gasteiger charge is 2.28. The highest BCUT2D eigenvalue weighted by molar-refractivity contribution is 5.75. The molecule has 108 valence electrons. The van der Waals surface area contributed by atoms with Gasteiger partial charge in [0.2, 0.25) is 0 Å². The monoisotopic (exact) mass is 268 g/mol. The van der Waals surface area contributed by atoms with E-state index in [4.69, 9.17) is 5.11 Å². The van der Waals surface area contributed by atoms with Crippen molar-refractivity contribution in [3.8, 4) is 0 Å². The predicted molar refractivity (Wildman–Crippen MR) is 74.0 cm³/mol. The first-order valence-corrected chi connectivity index (χ1v) is 6.84. The van der Waals surface area contributed by atoms with E-state index in [1.807, 2.05) is 18.7 Å². The summed E-state index contributed by atoms with van der Waals surface area (Å²) in [5.74, 6) is -0.439. The number of hydrogen-bond donors (Lipinski definition) is 1. The van der Waals surface area contributed by atoms with Gasteiger partial charge in [-0.1, -0.05) is 12.2 Å². The van der Waals surface area contributed by atoms with Crippen LogP contribution in [0.1, 0.15) is 33.1 Å². The van der Waals surface area contributed by atoms with Gasteiger partial charge >= 0.3 is 12.0 Å². The fraction of sp³-hybridized carbons (Fsp3) is 0.714. The molecule has 1 heterocycles. The Kier molecular flexibility index (Phi) is 5.86. The van der Waals surface area contributed by atoms with Gasteiger partial charge in [0.05, 0.1) is 0 Å². The third-order valence-electron chi connectivity index (χ3n) is 3.44. The van der Waals surface area contributed by atoms with Crippen LogP contribution < -0.4 is 0 Å². The van der Waals surface area contributed by atoms with Crippen LogP contribution in [-0.4, -0.2) is 53.1 Å². The van der Waals surface area contributed by atoms with Crippen molar-refractivity contribution in [2.45, 2.75) is 33.1 Å². The fourth-order valence-corrected chi connectivity index (χ4v) is 2.41. The number of likely N-dealkylation sites (N-methyl/N-ethyl adjacent to an activating group) is 1. The number of urea groups is 1. The maximum atomic E-state index is 12.3. The second-order valence-electron chi connectivity index (χ2n) is 5.29. The van der Waals surface area contributed by atoms with Crippen LogP contribution in [0.2, 0.25) is 0 Å². The first-order chi connectivity index (χ1) is 8.93. The largest absolute Gasteiger partial charge is 0.481 e. The molecule has 0 aromatic carbocycles. The van der Waals surface area contributed by atoms with E-state index in [2.05, 4.69) is 6.58 Å². The van der Waals surface area contributed by atoms with Gasteiger partial charge < -0.3 is 14.9 Å². The molecule has 1 rings (SSSR count). The first-order valence-electron chi connectivity index (χ1n) is 6.84. The molecule has 1 saturated heterocycles. The molecule has 1 N–H and O–H groups in total. The summed E-state index contributed by atoms with van der Waals surface area (Å²) in [7, 11) is 0. The van der Waals surface area contributed by atoms with Gasteiger partial charge in [-0.15, -0.1) is 0 Å². The molecule has 1 aliphatic heterocycles. The molecule has 1 unspecified atom stereocenters. The van der Waals surface area contributed by atoms with E-state index in [1.165, 1.54) is 0 Å². The molecule has 1 atom stereocenters. The Balaban J connectivity index is 2.46. The van der Waals surface area contributed by atoms with Gasteiger partial charge in [-0.2, -0.15) is 0 Å². The van der Waals surface area contributed by atoms with Crippen molar-refractivity contribution >= 4 is 12.0 Å². The Labute approximate surface area is 114 Å². The van der Waals surface area contributed by atoms with Crippen LogP contribution in [-0.2, 0) is 4.79 Å². The number of amides is 2. The standard InChI is InChI=1S/C14H24N2O3/c1-4-15(9-11(2)3)14(19)16-8-7-12(10-16)5-6-13(17)18/h12H,2,4-10H2,1,3H3,(H,17,18). The van der Waals surface area contributed by atoms with Gasteiger partial charge in [-0.05, 0) is 32.6 Å². The lowest BCUT2D eigenvalue weighted by Gasteiger charge is -2.27. The van der Waals surface area contributed by atoms with Crippen LogP contribution in [0.15, 0.2) is 12.2 Å². The lowest BCUT2D eigenvalue weighted by Crippen LogP contribution is -2.42. The topological polar surface area (TPSA) is 60.9 Å². The van der Waals surface area contributed by atoms with Crippen molar-refractivity contribution in [3.05, 3.63) is 12.2 Å². The van der Waals surface area contributed by atoms with E-state index in [1.54, 1.807) is 4.90 Å². The minimum absolute atomic E-state index is 0.0447. The number of rotatable bonds is 6. The molecule has 1 aliphatic rings. The lowest BCUT2D eigenvalue weighted by atomic mass is 10.0. The predicted octanol–water partition coefficient (Wildman–Crippen LogP) is 2.19. The second-order valence-corrected chi connectivity index (χ2v) is 5.29. The molecule has 1 fully saturated rings. The molecule has 5 nitrogen and oxygen atoms in total. The summed E-state index contributed by atoms with van der Waals surface area (Å²) in [6.45, 7) is 10.4. The van der Waals surface area contributed by atoms with E-state index in [9.17, 15) is 9.59 Å². The highest BCUT2D eigenvalue weighted by atomic mass is 16.4. The summed E-state index contributed by atoms with van der Waals surface area (Å²) < 4.78 is 0. The van der Waals surface area contributed by atoms with Crippen LogP contribution in [0.3, 0.4) is 0 Å². The van der Waals surface area contributed by atoms with Crippen molar-refractivity contribution in [3.63, 3.8) is 0 Å². The minimum Gasteiger partial charge on any atom is -0.481 e. The quantitative estimate of drug-likeness (QED) is 0.751. The molecule has 0 saturated carbocycles. The normalized spacial score (nSPS) is 18.4. The Morgan fingerprint density at radius 1 is 1.47 bits per heavy atom. The number of carbonyl (C=O) groups is 2. The number of likely N-dealkylation sites (tertiary alicyclic amines) is 1. The molecule has 0 aliphatic carbocycles. The summed E-state index contributed by atoms with van der Waals surface area (Å²) >= 11 is 0. The zero-order valence-corrected chi connectivity index (χ0v) is 11.9. The van der Waals surface area contributed by atoms with Crippen LogP contribution in [0, 0.1) is 5.92 Å². The summed E-state index contributed by atoms with van der Waals surface area (Å²) in [6.07, 6.45) is 1.76. The van der Waals surface area contributed by atoms with Gasteiger partial charge in [0.1, 0.15) is 0 Å². The highest BCUT2D eigenvalue weighted by Crippen LogP contribution is 2.22. The van der Waals surface area contributed by atoms with E-state index in [-0.39, 0.29) is 12.5 Å². The fourth-order valence-electron chi connectivity index (χ4n) is 2.41. The number of carboxylic acid groups (broad SMARTS) is 1. The second kappa shape index (κ2) is 7.16. The SMILES string of the molecule is C=C(C)CN(CC)C(=O)N1CCC(CCC(=O)O)C1. The van der Waals surface area contributed by atoms with E-state index >= 15 is 0 Å². The smallest absolute Gasteiger partial charge is 0.320 e. The molecule has 19 heavy (non-hydrogen) atoms. The third-order valence-corrected chi connectivity index (χ3v) is 3.44. The molecule has 2 amide bonds. The van der Waals surface area contributed by atoms with Crippen LogP contribution in [0.25, 0.3) is 0 Å². The van der Waals surface area contributed by atoms with Crippen molar-refractivity contribution in [1.82, 2.24) is 9.80 Å². The molecule has 0 aromatic heterocycles. The lowest BCUT2D eigenvalue weighted by molar-refractivity contribution is -0.137. The average molecular weight is 268 g/mol. The molecule has 0 radical (unpaired) electrons. The molecular weight excluding hydrogens is 244 g/mol. The zero-order valence-electron chi connectivity index (χ0n) is 11.9. The number of carboxylic acids is 1. The van der Waals surface area contributed by atoms with Crippen LogP contribution in [0.4, 0.5) is 4.79 Å². The van der Waals surface area contributed by atoms with Gasteiger partial charge in [-0.3, -0.25) is 4.79 Å². The zero-order chi connectivity index (χ0) is 14.4. The molecule has 5 heteroatoms. The summed E-state index contributed by atoms with van der Waals surface area (Å²) in [5, 5.41) is 8.68. The van der Waals surface area contributed by atoms with E-state index in [0.717, 1.165) is 18.5 Å². The Bertz CT molecular complexity index is 355. The van der Waals surface area contributed by atoms with Crippen molar-refractivity contribution in [1.29, 1.82) is 0 Å². The Morgan fingerprint density at radius 2 is 2.16 bits per heavy atom.